The molecule has 6 nitrogen and oxygen atoms in total. The lowest BCUT2D eigenvalue weighted by Gasteiger charge is -2.08. The minimum absolute atomic E-state index is 0.0680. The summed E-state index contributed by atoms with van der Waals surface area (Å²) >= 11 is 0. The Balaban J connectivity index is 1.95. The summed E-state index contributed by atoms with van der Waals surface area (Å²) in [5.41, 5.74) is 0.112. The second kappa shape index (κ2) is 8.02. The Bertz CT molecular complexity index is 1120. The van der Waals surface area contributed by atoms with Gasteiger partial charge in [-0.15, -0.1) is 0 Å². The second-order valence-corrected chi connectivity index (χ2v) is 5.51. The van der Waals surface area contributed by atoms with Crippen LogP contribution in [0.1, 0.15) is 15.9 Å². The normalized spacial score (nSPS) is 10.7. The summed E-state index contributed by atoms with van der Waals surface area (Å²) in [5.74, 6) is 0.159. The van der Waals surface area contributed by atoms with Crippen molar-refractivity contribution in [2.75, 3.05) is 13.7 Å². The van der Waals surface area contributed by atoms with Crippen LogP contribution in [-0.2, 0) is 0 Å². The van der Waals surface area contributed by atoms with Gasteiger partial charge in [0.05, 0.1) is 12.5 Å². The molecular weight excluding hydrogens is 346 g/mol. The molecule has 1 aromatic heterocycles. The number of fused-ring (bicyclic) bond motifs is 1. The van der Waals surface area contributed by atoms with Gasteiger partial charge in [0.15, 0.2) is 12.4 Å². The number of allylic oxidation sites excluding steroid dienone is 1. The van der Waals surface area contributed by atoms with Gasteiger partial charge in [-0.3, -0.25) is 4.79 Å². The average Bonchev–Trinajstić information content (AvgIpc) is 2.69. The summed E-state index contributed by atoms with van der Waals surface area (Å²) in [5, 5.41) is 9.11. The SMILES string of the molecule is COc1c(C(=O)/C=C/c2cccc(OCC#N)c2)c(=O)oc2ccccc12. The first-order valence-electron chi connectivity index (χ1n) is 8.06. The van der Waals surface area contributed by atoms with E-state index in [4.69, 9.17) is 19.2 Å². The highest BCUT2D eigenvalue weighted by Crippen LogP contribution is 2.27. The quantitative estimate of drug-likeness (QED) is 0.379. The highest BCUT2D eigenvalue weighted by molar-refractivity contribution is 6.10. The third-order valence-corrected chi connectivity index (χ3v) is 3.80. The maximum Gasteiger partial charge on any atom is 0.351 e. The van der Waals surface area contributed by atoms with Crippen molar-refractivity contribution in [3.8, 4) is 17.6 Å². The van der Waals surface area contributed by atoms with Crippen molar-refractivity contribution in [1.82, 2.24) is 0 Å². The molecule has 0 unspecified atom stereocenters. The van der Waals surface area contributed by atoms with E-state index in [1.807, 2.05) is 6.07 Å². The fourth-order valence-electron chi connectivity index (χ4n) is 2.62. The van der Waals surface area contributed by atoms with Crippen molar-refractivity contribution in [3.63, 3.8) is 0 Å². The van der Waals surface area contributed by atoms with E-state index >= 15 is 0 Å². The molecule has 0 aliphatic carbocycles. The molecule has 0 aliphatic heterocycles. The van der Waals surface area contributed by atoms with Gasteiger partial charge in [-0.05, 0) is 35.9 Å². The number of hydrogen-bond donors (Lipinski definition) is 0. The van der Waals surface area contributed by atoms with E-state index in [-0.39, 0.29) is 17.9 Å². The first kappa shape index (κ1) is 18.0. The zero-order valence-electron chi connectivity index (χ0n) is 14.5. The van der Waals surface area contributed by atoms with Gasteiger partial charge < -0.3 is 13.9 Å². The number of rotatable bonds is 6. The molecule has 0 saturated carbocycles. The molecule has 0 bridgehead atoms. The molecule has 0 atom stereocenters. The largest absolute Gasteiger partial charge is 0.495 e. The van der Waals surface area contributed by atoms with Gasteiger partial charge in [0.2, 0.25) is 0 Å². The van der Waals surface area contributed by atoms with Crippen LogP contribution in [0, 0.1) is 11.3 Å². The molecule has 0 spiro atoms. The maximum atomic E-state index is 12.6. The van der Waals surface area contributed by atoms with Gasteiger partial charge in [-0.2, -0.15) is 5.26 Å². The Kier molecular flexibility index (Phi) is 5.33. The van der Waals surface area contributed by atoms with Crippen molar-refractivity contribution in [3.05, 3.63) is 76.2 Å². The van der Waals surface area contributed by atoms with Crippen LogP contribution >= 0.6 is 0 Å². The number of carbonyl (C=O) groups is 1. The maximum absolute atomic E-state index is 12.6. The molecule has 0 radical (unpaired) electrons. The Morgan fingerprint density at radius 2 is 2.04 bits per heavy atom. The molecule has 0 fully saturated rings. The van der Waals surface area contributed by atoms with Crippen LogP contribution in [0.25, 0.3) is 17.0 Å². The Morgan fingerprint density at radius 1 is 1.22 bits per heavy atom. The topological polar surface area (TPSA) is 89.5 Å². The number of nitrogens with zero attached hydrogens (tertiary/aromatic N) is 1. The molecule has 1 heterocycles. The van der Waals surface area contributed by atoms with Crippen LogP contribution in [0.4, 0.5) is 0 Å². The van der Waals surface area contributed by atoms with Gasteiger partial charge in [0.1, 0.15) is 28.7 Å². The fraction of sp³-hybridized carbons (Fsp3) is 0.0952. The third kappa shape index (κ3) is 3.88. The summed E-state index contributed by atoms with van der Waals surface area (Å²) in [6.07, 6.45) is 2.82. The molecular formula is C21H15NO5. The fourth-order valence-corrected chi connectivity index (χ4v) is 2.62. The van der Waals surface area contributed by atoms with Crippen molar-refractivity contribution in [2.24, 2.45) is 0 Å². The van der Waals surface area contributed by atoms with Crippen LogP contribution in [0.3, 0.4) is 0 Å². The molecule has 134 valence electrons. The van der Waals surface area contributed by atoms with Gasteiger partial charge in [-0.1, -0.05) is 30.3 Å². The predicted octanol–water partition coefficient (Wildman–Crippen LogP) is 3.60. The highest BCUT2D eigenvalue weighted by Gasteiger charge is 2.20. The summed E-state index contributed by atoms with van der Waals surface area (Å²) in [7, 11) is 1.40. The summed E-state index contributed by atoms with van der Waals surface area (Å²) in [6.45, 7) is -0.0680. The van der Waals surface area contributed by atoms with Crippen LogP contribution in [0.2, 0.25) is 0 Å². The first-order chi connectivity index (χ1) is 13.1. The van der Waals surface area contributed by atoms with Gasteiger partial charge >= 0.3 is 5.63 Å². The number of benzene rings is 2. The van der Waals surface area contributed by atoms with Crippen molar-refractivity contribution < 1.29 is 18.7 Å². The molecule has 0 N–H and O–H groups in total. The number of ketones is 1. The van der Waals surface area contributed by atoms with E-state index in [0.29, 0.717) is 22.3 Å². The zero-order chi connectivity index (χ0) is 19.2. The lowest BCUT2D eigenvalue weighted by atomic mass is 10.1. The summed E-state index contributed by atoms with van der Waals surface area (Å²) in [6, 6.07) is 15.6. The average molecular weight is 361 g/mol. The number of hydrogen-bond acceptors (Lipinski definition) is 6. The van der Waals surface area contributed by atoms with Gasteiger partial charge in [-0.25, -0.2) is 4.79 Å². The van der Waals surface area contributed by atoms with Gasteiger partial charge in [0.25, 0.3) is 0 Å². The summed E-state index contributed by atoms with van der Waals surface area (Å²) < 4.78 is 15.8. The molecule has 6 heteroatoms. The Labute approximate surface area is 154 Å². The molecule has 0 saturated heterocycles. The summed E-state index contributed by atoms with van der Waals surface area (Å²) in [4.78, 5) is 24.9. The monoisotopic (exact) mass is 361 g/mol. The molecule has 3 aromatic rings. The molecule has 3 rings (SSSR count). The van der Waals surface area contributed by atoms with Crippen molar-refractivity contribution in [2.45, 2.75) is 0 Å². The van der Waals surface area contributed by atoms with E-state index in [9.17, 15) is 9.59 Å². The molecule has 0 amide bonds. The molecule has 27 heavy (non-hydrogen) atoms. The van der Waals surface area contributed by atoms with E-state index in [1.54, 1.807) is 54.6 Å². The minimum Gasteiger partial charge on any atom is -0.495 e. The number of carbonyl (C=O) groups excluding carboxylic acids is 1. The zero-order valence-corrected chi connectivity index (χ0v) is 14.5. The lowest BCUT2D eigenvalue weighted by molar-refractivity contribution is 0.104. The van der Waals surface area contributed by atoms with E-state index in [0.717, 1.165) is 0 Å². The van der Waals surface area contributed by atoms with Crippen LogP contribution < -0.4 is 15.1 Å². The standard InChI is InChI=1S/C21H15NO5/c1-25-20-16-7-2-3-8-18(16)27-21(24)19(20)17(23)10-9-14-5-4-6-15(13-14)26-12-11-22/h2-10,13H,12H2,1H3/b10-9+. The van der Waals surface area contributed by atoms with Crippen molar-refractivity contribution in [1.29, 1.82) is 5.26 Å². The Morgan fingerprint density at radius 3 is 2.81 bits per heavy atom. The van der Waals surface area contributed by atoms with Crippen LogP contribution in [0.15, 0.2) is 63.8 Å². The Hall–Kier alpha value is -3.85. The van der Waals surface area contributed by atoms with Crippen molar-refractivity contribution >= 4 is 22.8 Å². The smallest absolute Gasteiger partial charge is 0.351 e. The lowest BCUT2D eigenvalue weighted by Crippen LogP contribution is -2.14. The number of para-hydroxylation sites is 1. The highest BCUT2D eigenvalue weighted by atomic mass is 16.5. The minimum atomic E-state index is -0.758. The second-order valence-electron chi connectivity index (χ2n) is 5.51. The molecule has 2 aromatic carbocycles. The van der Waals surface area contributed by atoms with E-state index in [1.165, 1.54) is 13.2 Å². The third-order valence-electron chi connectivity index (χ3n) is 3.80. The first-order valence-corrected chi connectivity index (χ1v) is 8.06. The number of ether oxygens (including phenoxy) is 2. The van der Waals surface area contributed by atoms with Crippen LogP contribution in [0.5, 0.6) is 11.5 Å². The van der Waals surface area contributed by atoms with E-state index in [2.05, 4.69) is 0 Å². The predicted molar refractivity (Wildman–Crippen MR) is 100.0 cm³/mol. The molecule has 0 aliphatic rings. The van der Waals surface area contributed by atoms with E-state index < -0.39 is 11.4 Å². The van der Waals surface area contributed by atoms with Crippen LogP contribution in [-0.4, -0.2) is 19.5 Å². The van der Waals surface area contributed by atoms with Gasteiger partial charge in [0, 0.05) is 0 Å². The number of methoxy groups -OCH3 is 1. The number of nitriles is 1.